The number of nitrogens with zero attached hydrogens (tertiary/aromatic N) is 1. The molecule has 6 rings (SSSR count). The minimum absolute atomic E-state index is 0.0908. The Balaban J connectivity index is 1.46. The molecule has 1 aliphatic heterocycles. The number of furan rings is 1. The molecule has 7 nitrogen and oxygen atoms in total. The molecule has 0 unspecified atom stereocenters. The van der Waals surface area contributed by atoms with E-state index in [4.69, 9.17) is 4.42 Å². The number of carbonyl (C=O) groups excluding carboxylic acids is 4. The Labute approximate surface area is 239 Å². The average molecular weight is 605 g/mol. The van der Waals surface area contributed by atoms with Gasteiger partial charge < -0.3 is 9.52 Å². The molecule has 0 bridgehead atoms. The van der Waals surface area contributed by atoms with E-state index in [2.05, 4.69) is 0 Å². The van der Waals surface area contributed by atoms with Crippen molar-refractivity contribution in [2.24, 2.45) is 17.8 Å². The van der Waals surface area contributed by atoms with Gasteiger partial charge in [0.05, 0.1) is 34.6 Å². The van der Waals surface area contributed by atoms with Crippen molar-refractivity contribution >= 4 is 29.1 Å². The number of aliphatic hydroxyl groups is 1. The number of hydrogen-bond donors (Lipinski definition) is 1. The fourth-order valence-corrected chi connectivity index (χ4v) is 6.67. The van der Waals surface area contributed by atoms with Crippen molar-refractivity contribution in [1.82, 2.24) is 0 Å². The van der Waals surface area contributed by atoms with Crippen molar-refractivity contribution in [3.63, 3.8) is 0 Å². The smallest absolute Gasteiger partial charge is 0.416 e. The van der Waals surface area contributed by atoms with E-state index in [-0.39, 0.29) is 47.1 Å². The number of ketones is 2. The lowest BCUT2D eigenvalue weighted by atomic mass is 9.60. The van der Waals surface area contributed by atoms with Crippen LogP contribution in [0.15, 0.2) is 69.2 Å². The molecule has 224 valence electrons. The number of hydrogen-bond acceptors (Lipinski definition) is 6. The normalized spacial score (nSPS) is 25.9. The molecule has 2 heterocycles. The molecule has 0 spiro atoms. The van der Waals surface area contributed by atoms with E-state index in [1.807, 2.05) is 0 Å². The summed E-state index contributed by atoms with van der Waals surface area (Å²) in [4.78, 5) is 54.2. The summed E-state index contributed by atoms with van der Waals surface area (Å²) in [6, 6.07) is 3.55. The fourth-order valence-electron chi connectivity index (χ4n) is 6.67. The highest BCUT2D eigenvalue weighted by Crippen LogP contribution is 2.56. The molecule has 1 N–H and O–H groups in total. The second kappa shape index (κ2) is 9.63. The van der Waals surface area contributed by atoms with Gasteiger partial charge in [-0.2, -0.15) is 26.3 Å². The summed E-state index contributed by atoms with van der Waals surface area (Å²) in [5, 5.41) is 9.53. The van der Waals surface area contributed by atoms with Gasteiger partial charge in [0.15, 0.2) is 11.6 Å². The molecule has 1 fully saturated rings. The van der Waals surface area contributed by atoms with Gasteiger partial charge in [-0.15, -0.1) is 0 Å². The van der Waals surface area contributed by atoms with Crippen molar-refractivity contribution < 1.29 is 55.0 Å². The maximum atomic E-state index is 13.9. The minimum Gasteiger partial charge on any atom is -0.463 e. The monoisotopic (exact) mass is 605 g/mol. The van der Waals surface area contributed by atoms with Crippen molar-refractivity contribution in [3.05, 3.63) is 87.4 Å². The van der Waals surface area contributed by atoms with Crippen LogP contribution in [0, 0.1) is 17.8 Å². The van der Waals surface area contributed by atoms with E-state index >= 15 is 0 Å². The third-order valence-corrected chi connectivity index (χ3v) is 8.52. The van der Waals surface area contributed by atoms with Crippen LogP contribution in [0.4, 0.5) is 32.0 Å². The number of Topliss-reactive ketones (excluding diaryl/α,β-unsaturated/α-hetero) is 1. The third-order valence-electron chi connectivity index (χ3n) is 8.52. The van der Waals surface area contributed by atoms with Crippen LogP contribution in [0.2, 0.25) is 0 Å². The van der Waals surface area contributed by atoms with E-state index in [1.54, 1.807) is 6.08 Å². The Bertz CT molecular complexity index is 1680. The summed E-state index contributed by atoms with van der Waals surface area (Å²) in [6.45, 7) is 0.985. The van der Waals surface area contributed by atoms with Crippen LogP contribution < -0.4 is 4.90 Å². The van der Waals surface area contributed by atoms with Gasteiger partial charge >= 0.3 is 12.4 Å². The van der Waals surface area contributed by atoms with Gasteiger partial charge in [-0.1, -0.05) is 11.6 Å². The highest BCUT2D eigenvalue weighted by molar-refractivity contribution is 6.25. The van der Waals surface area contributed by atoms with Gasteiger partial charge in [0.2, 0.25) is 11.8 Å². The lowest BCUT2D eigenvalue weighted by Gasteiger charge is -2.41. The van der Waals surface area contributed by atoms with Gasteiger partial charge in [0.1, 0.15) is 18.1 Å². The standard InChI is InChI=1S/C30H21F6NO6/c1-12-6-21(39)24-20(26(12)40)10-19-17(25(24)22-5-2-16(11-38)43-22)3-4-18-23(19)28(42)37(27(18)41)15-8-13(29(31,32)33)7-14(9-15)30(34,35)36/h2-3,5-9,18-19,23,25,38H,4,10-11H2,1H3/t18-,19+,23-,25+/m0/s1. The summed E-state index contributed by atoms with van der Waals surface area (Å²) in [5.41, 5.74) is -3.38. The number of anilines is 1. The third kappa shape index (κ3) is 4.48. The molecule has 1 aromatic heterocycles. The number of rotatable bonds is 3. The zero-order valence-corrected chi connectivity index (χ0v) is 22.2. The molecule has 1 saturated heterocycles. The van der Waals surface area contributed by atoms with Gasteiger partial charge in [-0.05, 0) is 62.1 Å². The molecular formula is C30H21F6NO6. The number of carbonyl (C=O) groups is 4. The van der Waals surface area contributed by atoms with Crippen LogP contribution in [0.25, 0.3) is 0 Å². The van der Waals surface area contributed by atoms with Crippen LogP contribution >= 0.6 is 0 Å². The number of fused-ring (bicyclic) bond motifs is 3. The molecular weight excluding hydrogens is 584 g/mol. The van der Waals surface area contributed by atoms with Gasteiger partial charge in [-0.3, -0.25) is 19.2 Å². The van der Waals surface area contributed by atoms with E-state index in [0.29, 0.717) is 22.6 Å². The first kappa shape index (κ1) is 28.8. The van der Waals surface area contributed by atoms with Crippen LogP contribution in [0.1, 0.15) is 48.3 Å². The second-order valence-corrected chi connectivity index (χ2v) is 11.0. The summed E-state index contributed by atoms with van der Waals surface area (Å²) < 4.78 is 87.1. The molecule has 3 aliphatic carbocycles. The Morgan fingerprint density at radius 1 is 0.930 bits per heavy atom. The van der Waals surface area contributed by atoms with Gasteiger partial charge in [0.25, 0.3) is 0 Å². The molecule has 43 heavy (non-hydrogen) atoms. The van der Waals surface area contributed by atoms with Gasteiger partial charge in [0, 0.05) is 16.7 Å². The Morgan fingerprint density at radius 3 is 2.16 bits per heavy atom. The summed E-state index contributed by atoms with van der Waals surface area (Å²) in [6.07, 6.45) is -7.82. The van der Waals surface area contributed by atoms with E-state index in [0.717, 1.165) is 0 Å². The fraction of sp³-hybridized carbons (Fsp3) is 0.333. The van der Waals surface area contributed by atoms with Crippen LogP contribution in [-0.4, -0.2) is 28.5 Å². The van der Waals surface area contributed by atoms with Crippen molar-refractivity contribution in [1.29, 1.82) is 0 Å². The topological polar surface area (TPSA) is 105 Å². The Hall–Kier alpha value is -4.26. The molecule has 2 aromatic rings. The molecule has 2 amide bonds. The maximum absolute atomic E-state index is 13.9. The number of alkyl halides is 6. The van der Waals surface area contributed by atoms with Crippen molar-refractivity contribution in [2.75, 3.05) is 4.90 Å². The molecule has 4 aliphatic rings. The van der Waals surface area contributed by atoms with E-state index in [1.165, 1.54) is 25.1 Å². The van der Waals surface area contributed by atoms with E-state index in [9.17, 15) is 50.6 Å². The first-order chi connectivity index (χ1) is 20.1. The molecule has 0 saturated carbocycles. The predicted octanol–water partition coefficient (Wildman–Crippen LogP) is 5.44. The summed E-state index contributed by atoms with van der Waals surface area (Å²) in [5.74, 6) is -6.72. The minimum atomic E-state index is -5.20. The largest absolute Gasteiger partial charge is 0.463 e. The molecule has 4 atom stereocenters. The highest BCUT2D eigenvalue weighted by Gasteiger charge is 2.57. The molecule has 0 radical (unpaired) electrons. The van der Waals surface area contributed by atoms with Crippen LogP contribution in [0.5, 0.6) is 0 Å². The second-order valence-electron chi connectivity index (χ2n) is 11.0. The number of imide groups is 1. The SMILES string of the molecule is CC1=CC(=O)C2=C(C[C@@H]3C(=CC[C@@H]4C(=O)N(c5cc(C(F)(F)F)cc(C(F)(F)F)c5)C(=O)[C@@H]43)[C@@H]2c2ccc(CO)o2)C1=O. The van der Waals surface area contributed by atoms with E-state index < -0.39 is 82.8 Å². The van der Waals surface area contributed by atoms with Crippen molar-refractivity contribution in [2.45, 2.75) is 44.6 Å². The average Bonchev–Trinajstić information content (AvgIpc) is 3.51. The number of amides is 2. The quantitative estimate of drug-likeness (QED) is 0.216. The predicted molar refractivity (Wildman–Crippen MR) is 135 cm³/mol. The zero-order valence-electron chi connectivity index (χ0n) is 22.2. The lowest BCUT2D eigenvalue weighted by Crippen LogP contribution is -2.39. The number of allylic oxidation sites excluding steroid dienone is 6. The number of halogens is 6. The first-order valence-corrected chi connectivity index (χ1v) is 13.2. The first-order valence-electron chi connectivity index (χ1n) is 13.2. The summed E-state index contributed by atoms with van der Waals surface area (Å²) in [7, 11) is 0. The summed E-state index contributed by atoms with van der Waals surface area (Å²) >= 11 is 0. The van der Waals surface area contributed by atoms with Crippen LogP contribution in [0.3, 0.4) is 0 Å². The maximum Gasteiger partial charge on any atom is 0.416 e. The number of benzene rings is 1. The van der Waals surface area contributed by atoms with Crippen LogP contribution in [-0.2, 0) is 38.1 Å². The highest BCUT2D eigenvalue weighted by atomic mass is 19.4. The van der Waals surface area contributed by atoms with Gasteiger partial charge in [-0.25, -0.2) is 4.90 Å². The van der Waals surface area contributed by atoms with Crippen molar-refractivity contribution in [3.8, 4) is 0 Å². The molecule has 1 aromatic carbocycles. The molecule has 13 heteroatoms. The number of aliphatic hydroxyl groups excluding tert-OH is 1. The zero-order chi connectivity index (χ0) is 31.2. The Kier molecular flexibility index (Phi) is 6.46. The lowest BCUT2D eigenvalue weighted by molar-refractivity contribution is -0.143. The Morgan fingerprint density at radius 2 is 1.58 bits per heavy atom.